The molecule has 1 N–H and O–H groups in total. The van der Waals surface area contributed by atoms with Crippen molar-refractivity contribution in [2.75, 3.05) is 7.11 Å². The van der Waals surface area contributed by atoms with Gasteiger partial charge in [0.05, 0.1) is 12.8 Å². The number of rotatable bonds is 7. The summed E-state index contributed by atoms with van der Waals surface area (Å²) in [5.74, 6) is 1.51. The number of nitrogens with one attached hydrogen (secondary N) is 1. The quantitative estimate of drug-likeness (QED) is 0.849. The lowest BCUT2D eigenvalue weighted by Gasteiger charge is -2.12. The number of benzene rings is 1. The molecule has 0 bridgehead atoms. The van der Waals surface area contributed by atoms with Crippen LogP contribution >= 0.6 is 0 Å². The van der Waals surface area contributed by atoms with Crippen molar-refractivity contribution in [3.63, 3.8) is 0 Å². The molecule has 4 nitrogen and oxygen atoms in total. The van der Waals surface area contributed by atoms with Crippen LogP contribution in [0.1, 0.15) is 24.1 Å². The molecule has 1 heterocycles. The molecule has 0 saturated heterocycles. The molecule has 1 aromatic carbocycles. The molecule has 0 aliphatic heterocycles. The Kier molecular flexibility index (Phi) is 4.36. The molecule has 2 aromatic rings. The minimum atomic E-state index is 0.441. The minimum absolute atomic E-state index is 0.441. The Labute approximate surface area is 125 Å². The normalized spacial score (nSPS) is 14.0. The lowest BCUT2D eigenvalue weighted by atomic mass is 10.2. The fourth-order valence-electron chi connectivity index (χ4n) is 2.13. The number of pyridine rings is 1. The Morgan fingerprint density at radius 1 is 1.19 bits per heavy atom. The summed E-state index contributed by atoms with van der Waals surface area (Å²) in [6, 6.07) is 12.6. The average Bonchev–Trinajstić information content (AvgIpc) is 3.36. The largest absolute Gasteiger partial charge is 0.493 e. The molecule has 1 aliphatic carbocycles. The monoisotopic (exact) mass is 284 g/mol. The molecule has 0 atom stereocenters. The topological polar surface area (TPSA) is 43.4 Å². The van der Waals surface area contributed by atoms with Crippen molar-refractivity contribution in [1.29, 1.82) is 0 Å². The van der Waals surface area contributed by atoms with Crippen molar-refractivity contribution in [3.05, 3.63) is 53.9 Å². The zero-order chi connectivity index (χ0) is 14.5. The molecule has 1 saturated carbocycles. The van der Waals surface area contributed by atoms with Crippen LogP contribution in [0.25, 0.3) is 0 Å². The minimum Gasteiger partial charge on any atom is -0.493 e. The van der Waals surface area contributed by atoms with Gasteiger partial charge >= 0.3 is 0 Å². The van der Waals surface area contributed by atoms with Gasteiger partial charge in [-0.05, 0) is 42.7 Å². The Balaban J connectivity index is 1.67. The van der Waals surface area contributed by atoms with E-state index in [-0.39, 0.29) is 0 Å². The van der Waals surface area contributed by atoms with Gasteiger partial charge in [0.25, 0.3) is 0 Å². The van der Waals surface area contributed by atoms with Crippen molar-refractivity contribution < 1.29 is 9.47 Å². The van der Waals surface area contributed by atoms with E-state index in [2.05, 4.69) is 16.4 Å². The lowest BCUT2D eigenvalue weighted by Crippen LogP contribution is -2.15. The third-order valence-corrected chi connectivity index (χ3v) is 3.50. The van der Waals surface area contributed by atoms with Crippen molar-refractivity contribution in [2.45, 2.75) is 32.0 Å². The van der Waals surface area contributed by atoms with Gasteiger partial charge in [-0.25, -0.2) is 0 Å². The summed E-state index contributed by atoms with van der Waals surface area (Å²) in [5, 5.41) is 3.50. The van der Waals surface area contributed by atoms with Crippen LogP contribution in [0.4, 0.5) is 0 Å². The van der Waals surface area contributed by atoms with Crippen LogP contribution in [-0.4, -0.2) is 18.1 Å². The predicted molar refractivity (Wildman–Crippen MR) is 81.4 cm³/mol. The highest BCUT2D eigenvalue weighted by Crippen LogP contribution is 2.29. The standard InChI is InChI=1S/C17H20N2O2/c1-20-16-8-5-13(11-19-14-6-7-14)10-17(16)21-12-15-4-2-3-9-18-15/h2-5,8-10,14,19H,6-7,11-12H2,1H3. The summed E-state index contributed by atoms with van der Waals surface area (Å²) in [5.41, 5.74) is 2.11. The fraction of sp³-hybridized carbons (Fsp3) is 0.353. The van der Waals surface area contributed by atoms with Gasteiger partial charge in [-0.15, -0.1) is 0 Å². The Bertz CT molecular complexity index is 583. The summed E-state index contributed by atoms with van der Waals surface area (Å²) in [7, 11) is 1.66. The zero-order valence-corrected chi connectivity index (χ0v) is 12.2. The molecule has 21 heavy (non-hydrogen) atoms. The Hall–Kier alpha value is -2.07. The Morgan fingerprint density at radius 3 is 2.81 bits per heavy atom. The first kappa shape index (κ1) is 13.9. The highest BCUT2D eigenvalue weighted by atomic mass is 16.5. The molecule has 110 valence electrons. The number of nitrogens with zero attached hydrogens (tertiary/aromatic N) is 1. The second kappa shape index (κ2) is 6.59. The third kappa shape index (κ3) is 3.95. The molecule has 4 heteroatoms. The fourth-order valence-corrected chi connectivity index (χ4v) is 2.13. The second-order valence-corrected chi connectivity index (χ2v) is 5.25. The molecular weight excluding hydrogens is 264 g/mol. The molecule has 3 rings (SSSR count). The van der Waals surface area contributed by atoms with E-state index >= 15 is 0 Å². The molecule has 0 radical (unpaired) electrons. The van der Waals surface area contributed by atoms with Crippen LogP contribution in [0.15, 0.2) is 42.6 Å². The van der Waals surface area contributed by atoms with E-state index < -0.39 is 0 Å². The SMILES string of the molecule is COc1ccc(CNC2CC2)cc1OCc1ccccn1. The van der Waals surface area contributed by atoms with Crippen molar-refractivity contribution >= 4 is 0 Å². The van der Waals surface area contributed by atoms with Gasteiger partial charge in [-0.1, -0.05) is 12.1 Å². The van der Waals surface area contributed by atoms with Crippen LogP contribution in [0.5, 0.6) is 11.5 Å². The number of hydrogen-bond donors (Lipinski definition) is 1. The van der Waals surface area contributed by atoms with Gasteiger partial charge in [-0.3, -0.25) is 4.98 Å². The number of methoxy groups -OCH3 is 1. The molecular formula is C17H20N2O2. The first-order valence-electron chi connectivity index (χ1n) is 7.28. The highest BCUT2D eigenvalue weighted by molar-refractivity contribution is 5.43. The first-order chi connectivity index (χ1) is 10.3. The van der Waals surface area contributed by atoms with Crippen LogP contribution in [0, 0.1) is 0 Å². The van der Waals surface area contributed by atoms with Crippen LogP contribution in [0.2, 0.25) is 0 Å². The summed E-state index contributed by atoms with van der Waals surface area (Å²) in [6.07, 6.45) is 4.35. The van der Waals surface area contributed by atoms with Crippen molar-refractivity contribution in [1.82, 2.24) is 10.3 Å². The van der Waals surface area contributed by atoms with E-state index in [4.69, 9.17) is 9.47 Å². The molecule has 0 unspecified atom stereocenters. The maximum atomic E-state index is 5.86. The van der Waals surface area contributed by atoms with Crippen molar-refractivity contribution in [3.8, 4) is 11.5 Å². The third-order valence-electron chi connectivity index (χ3n) is 3.50. The van der Waals surface area contributed by atoms with Gasteiger partial charge in [0.15, 0.2) is 11.5 Å². The lowest BCUT2D eigenvalue weighted by molar-refractivity contribution is 0.280. The van der Waals surface area contributed by atoms with E-state index in [1.807, 2.05) is 30.3 Å². The Morgan fingerprint density at radius 2 is 2.10 bits per heavy atom. The zero-order valence-electron chi connectivity index (χ0n) is 12.2. The van der Waals surface area contributed by atoms with Gasteiger partial charge in [-0.2, -0.15) is 0 Å². The number of hydrogen-bond acceptors (Lipinski definition) is 4. The van der Waals surface area contributed by atoms with E-state index in [0.717, 1.165) is 23.7 Å². The van der Waals surface area contributed by atoms with Crippen LogP contribution < -0.4 is 14.8 Å². The van der Waals surface area contributed by atoms with E-state index in [0.29, 0.717) is 12.6 Å². The predicted octanol–water partition coefficient (Wildman–Crippen LogP) is 2.92. The average molecular weight is 284 g/mol. The molecule has 1 aromatic heterocycles. The molecule has 1 aliphatic rings. The van der Waals surface area contributed by atoms with E-state index in [1.165, 1.54) is 18.4 Å². The summed E-state index contributed by atoms with van der Waals surface area (Å²) >= 11 is 0. The van der Waals surface area contributed by atoms with Crippen LogP contribution in [0.3, 0.4) is 0 Å². The summed E-state index contributed by atoms with van der Waals surface area (Å²) < 4.78 is 11.2. The van der Waals surface area contributed by atoms with Crippen molar-refractivity contribution in [2.24, 2.45) is 0 Å². The number of aromatic nitrogens is 1. The summed E-state index contributed by atoms with van der Waals surface area (Å²) in [4.78, 5) is 4.26. The molecule has 0 spiro atoms. The van der Waals surface area contributed by atoms with E-state index in [1.54, 1.807) is 13.3 Å². The second-order valence-electron chi connectivity index (χ2n) is 5.25. The van der Waals surface area contributed by atoms with Gasteiger partial charge < -0.3 is 14.8 Å². The van der Waals surface area contributed by atoms with E-state index in [9.17, 15) is 0 Å². The van der Waals surface area contributed by atoms with Gasteiger partial charge in [0, 0.05) is 18.8 Å². The van der Waals surface area contributed by atoms with Gasteiger partial charge in [0.1, 0.15) is 6.61 Å². The first-order valence-corrected chi connectivity index (χ1v) is 7.28. The summed E-state index contributed by atoms with van der Waals surface area (Å²) in [6.45, 7) is 1.31. The van der Waals surface area contributed by atoms with Gasteiger partial charge in [0.2, 0.25) is 0 Å². The molecule has 0 amide bonds. The number of ether oxygens (including phenoxy) is 2. The van der Waals surface area contributed by atoms with Crippen LogP contribution in [-0.2, 0) is 13.2 Å². The maximum absolute atomic E-state index is 5.86. The smallest absolute Gasteiger partial charge is 0.162 e. The maximum Gasteiger partial charge on any atom is 0.162 e. The highest BCUT2D eigenvalue weighted by Gasteiger charge is 2.20. The molecule has 1 fully saturated rings.